The van der Waals surface area contributed by atoms with E-state index in [9.17, 15) is 42.3 Å². The molecule has 4 fully saturated rings. The molecule has 5 unspecified atom stereocenters. The van der Waals surface area contributed by atoms with Crippen LogP contribution in [0.15, 0.2) is 72.8 Å². The maximum absolute atomic E-state index is 14.0. The molecule has 0 aliphatic carbocycles. The van der Waals surface area contributed by atoms with Crippen LogP contribution in [0.5, 0.6) is 0 Å². The molecule has 8 atom stereocenters. The lowest BCUT2D eigenvalue weighted by atomic mass is 9.85. The average Bonchev–Trinajstić information content (AvgIpc) is 4.23. The molecule has 3 aromatic carbocycles. The van der Waals surface area contributed by atoms with E-state index in [1.165, 1.54) is 26.5 Å². The second kappa shape index (κ2) is 26.3. The van der Waals surface area contributed by atoms with Gasteiger partial charge in [0.25, 0.3) is 0 Å². The third-order valence-corrected chi connectivity index (χ3v) is 17.3. The van der Waals surface area contributed by atoms with Gasteiger partial charge >= 0.3 is 0 Å². The van der Waals surface area contributed by atoms with Crippen LogP contribution in [0.2, 0.25) is 0 Å². The Morgan fingerprint density at radius 1 is 0.813 bits per heavy atom. The first-order valence-corrected chi connectivity index (χ1v) is 29.2. The first-order valence-electron chi connectivity index (χ1n) is 25.2. The van der Waals surface area contributed by atoms with E-state index in [-0.39, 0.29) is 107 Å². The molecule has 75 heavy (non-hydrogen) atoms. The number of ether oxygens (including phenoxy) is 2. The number of carbonyl (C=O) groups is 6. The van der Waals surface area contributed by atoms with Gasteiger partial charge < -0.3 is 51.4 Å². The third-order valence-electron chi connectivity index (χ3n) is 13.5. The van der Waals surface area contributed by atoms with Gasteiger partial charge in [0, 0.05) is 68.1 Å². The summed E-state index contributed by atoms with van der Waals surface area (Å²) in [6.45, 7) is 7.68. The molecule has 4 aliphatic heterocycles. The van der Waals surface area contributed by atoms with Crippen molar-refractivity contribution in [1.82, 2.24) is 46.4 Å². The Morgan fingerprint density at radius 3 is 2.19 bits per heavy atom. The van der Waals surface area contributed by atoms with Crippen LogP contribution in [0, 0.1) is 11.3 Å². The zero-order valence-electron chi connectivity index (χ0n) is 43.1. The predicted octanol–water partition coefficient (Wildman–Crippen LogP) is 1.71. The van der Waals surface area contributed by atoms with Crippen molar-refractivity contribution >= 4 is 69.0 Å². The Morgan fingerprint density at radius 2 is 1.51 bits per heavy atom. The van der Waals surface area contributed by atoms with Gasteiger partial charge in [0.05, 0.1) is 38.0 Å². The molecule has 4 aliphatic rings. The van der Waals surface area contributed by atoms with E-state index in [0.717, 1.165) is 39.9 Å². The second-order valence-electron chi connectivity index (χ2n) is 20.5. The van der Waals surface area contributed by atoms with Gasteiger partial charge in [-0.15, -0.1) is 23.5 Å². The van der Waals surface area contributed by atoms with Gasteiger partial charge in [0.15, 0.2) is 0 Å². The molecule has 23 heteroatoms. The Kier molecular flexibility index (Phi) is 20.2. The molecular weight excluding hydrogens is 1020 g/mol. The summed E-state index contributed by atoms with van der Waals surface area (Å²) in [6, 6.07) is 22.4. The average molecular weight is 1090 g/mol. The standard InChI is InChI=1S/C52H71N9O11S3/c1-32-46(74-31-56-32)35-14-12-33(13-15-35)23-54-49(67)42-22-40(62)27-61(42)50(68)47(52(2,3)4)58-45(65)29-72-19-18-71-28-44(64)53-24-34-8-6-9-36(20-34)37-10-7-11-38(21-37)41-30-73-51(57-41)59-43(63)25-55-48(66)39-16-17-60(26-39)75(5,69)70/h6-15,20-21,32,39-42,46-47,51,56-57,62H,16-19,22-31H2,1-5H3,(H,53,64)(H,54,67)(H,55,66)(H,58,65)(H,59,63)/t32?,39?,40-,41?,42+,46?,47-,51?/m1/s1. The minimum atomic E-state index is -3.37. The first-order chi connectivity index (χ1) is 35.7. The van der Waals surface area contributed by atoms with E-state index < -0.39 is 51.4 Å². The molecule has 6 amide bonds. The fourth-order valence-corrected chi connectivity index (χ4v) is 12.7. The number of benzene rings is 3. The lowest BCUT2D eigenvalue weighted by Gasteiger charge is -2.35. The monoisotopic (exact) mass is 1090 g/mol. The molecule has 0 bridgehead atoms. The molecule has 3 aromatic rings. The maximum Gasteiger partial charge on any atom is 0.246 e. The highest BCUT2D eigenvalue weighted by atomic mass is 32.2. The number of hydrogen-bond donors (Lipinski definition) is 8. The molecule has 0 aromatic heterocycles. The minimum Gasteiger partial charge on any atom is -0.391 e. The number of amides is 6. The summed E-state index contributed by atoms with van der Waals surface area (Å²) < 4.78 is 35.9. The summed E-state index contributed by atoms with van der Waals surface area (Å²) in [6.07, 6.45) is 0.708. The number of aliphatic hydroxyl groups excluding tert-OH is 1. The summed E-state index contributed by atoms with van der Waals surface area (Å²) in [4.78, 5) is 79.9. The summed E-state index contributed by atoms with van der Waals surface area (Å²) >= 11 is 3.40. The van der Waals surface area contributed by atoms with Crippen molar-refractivity contribution in [3.05, 3.63) is 95.1 Å². The summed E-state index contributed by atoms with van der Waals surface area (Å²) in [5, 5.41) is 31.9. The van der Waals surface area contributed by atoms with Gasteiger partial charge in [-0.2, -0.15) is 0 Å². The normalized spacial score (nSPS) is 23.4. The van der Waals surface area contributed by atoms with Crippen molar-refractivity contribution in [2.45, 2.75) is 94.6 Å². The van der Waals surface area contributed by atoms with Crippen LogP contribution in [0.1, 0.15) is 74.1 Å². The number of nitrogens with zero attached hydrogens (tertiary/aromatic N) is 2. The van der Waals surface area contributed by atoms with Gasteiger partial charge in [0.1, 0.15) is 30.8 Å². The lowest BCUT2D eigenvalue weighted by molar-refractivity contribution is -0.144. The van der Waals surface area contributed by atoms with Crippen molar-refractivity contribution in [3.63, 3.8) is 0 Å². The number of aliphatic hydroxyl groups is 1. The van der Waals surface area contributed by atoms with E-state index in [0.29, 0.717) is 23.5 Å². The number of nitrogens with one attached hydrogen (secondary N) is 7. The fourth-order valence-electron chi connectivity index (χ4n) is 9.36. The topological polar surface area (TPSA) is 266 Å². The molecule has 0 radical (unpaired) electrons. The molecule has 0 spiro atoms. The molecule has 7 rings (SSSR count). The van der Waals surface area contributed by atoms with Crippen LogP contribution in [-0.2, 0) is 61.4 Å². The number of rotatable bonds is 22. The number of likely N-dealkylation sites (tertiary alicyclic amines) is 1. The van der Waals surface area contributed by atoms with Crippen LogP contribution in [-0.4, -0.2) is 158 Å². The number of hydrogen-bond acceptors (Lipinski definition) is 15. The van der Waals surface area contributed by atoms with E-state index in [1.54, 1.807) is 20.8 Å². The minimum absolute atomic E-state index is 0.0103. The SMILES string of the molecule is CC1NCSC1c1ccc(CNC(=O)[C@@H]2C[C@@H](O)CN2C(=O)[C@@H](NC(=O)COCCOCC(=O)NCc2cccc(-c3cccc(C4CSC(NC(=O)CNC(=O)C5CCN(S(C)(=O)=O)C5)N4)c3)c2)C(C)(C)C)cc1. The Hall–Kier alpha value is -5.11. The molecule has 4 saturated heterocycles. The van der Waals surface area contributed by atoms with Gasteiger partial charge in [-0.3, -0.25) is 34.1 Å². The van der Waals surface area contributed by atoms with E-state index in [2.05, 4.69) is 62.3 Å². The fraction of sp³-hybridized carbons (Fsp3) is 0.538. The number of sulfonamides is 1. The van der Waals surface area contributed by atoms with E-state index >= 15 is 0 Å². The molecular formula is C52H71N9O11S3. The zero-order chi connectivity index (χ0) is 53.9. The largest absolute Gasteiger partial charge is 0.391 e. The quantitative estimate of drug-likeness (QED) is 0.0666. The van der Waals surface area contributed by atoms with Crippen LogP contribution in [0.3, 0.4) is 0 Å². The summed E-state index contributed by atoms with van der Waals surface area (Å²) in [5.74, 6) is -1.33. The summed E-state index contributed by atoms with van der Waals surface area (Å²) in [7, 11) is -3.37. The molecule has 0 saturated carbocycles. The van der Waals surface area contributed by atoms with Gasteiger partial charge in [-0.05, 0) is 64.3 Å². The highest BCUT2D eigenvalue weighted by Gasteiger charge is 2.44. The van der Waals surface area contributed by atoms with Crippen molar-refractivity contribution in [2.75, 3.05) is 70.5 Å². The molecule has 408 valence electrons. The summed E-state index contributed by atoms with van der Waals surface area (Å²) in [5.41, 5.74) is 4.85. The van der Waals surface area contributed by atoms with Crippen molar-refractivity contribution in [2.24, 2.45) is 11.3 Å². The van der Waals surface area contributed by atoms with Gasteiger partial charge in [0.2, 0.25) is 45.5 Å². The lowest BCUT2D eigenvalue weighted by Crippen LogP contribution is -2.58. The van der Waals surface area contributed by atoms with Crippen LogP contribution >= 0.6 is 23.5 Å². The van der Waals surface area contributed by atoms with Crippen LogP contribution < -0.4 is 37.2 Å². The highest BCUT2D eigenvalue weighted by Crippen LogP contribution is 2.36. The second-order valence-corrected chi connectivity index (χ2v) is 24.7. The highest BCUT2D eigenvalue weighted by molar-refractivity contribution is 8.00. The van der Waals surface area contributed by atoms with Crippen LogP contribution in [0.4, 0.5) is 0 Å². The van der Waals surface area contributed by atoms with Crippen LogP contribution in [0.25, 0.3) is 11.1 Å². The van der Waals surface area contributed by atoms with Crippen molar-refractivity contribution < 1.29 is 51.8 Å². The molecule has 4 heterocycles. The van der Waals surface area contributed by atoms with Gasteiger partial charge in [-0.25, -0.2) is 12.7 Å². The number of carbonyl (C=O) groups excluding carboxylic acids is 6. The van der Waals surface area contributed by atoms with E-state index in [4.69, 9.17) is 9.47 Å². The Balaban J connectivity index is 0.781. The van der Waals surface area contributed by atoms with Gasteiger partial charge in [-0.1, -0.05) is 81.4 Å². The maximum atomic E-state index is 14.0. The predicted molar refractivity (Wildman–Crippen MR) is 287 cm³/mol. The molecule has 20 nitrogen and oxygen atoms in total. The van der Waals surface area contributed by atoms with Crippen molar-refractivity contribution in [3.8, 4) is 11.1 Å². The smallest absolute Gasteiger partial charge is 0.246 e. The molecule has 8 N–H and O–H groups in total. The number of β-amino-alcohol motifs (C(OH)–C–C–N with tert-alkyl or cyclic N) is 1. The number of thioether (sulfide) groups is 2. The Labute approximate surface area is 447 Å². The Bertz CT molecular complexity index is 2620. The zero-order valence-corrected chi connectivity index (χ0v) is 45.5. The third kappa shape index (κ3) is 16.4. The van der Waals surface area contributed by atoms with E-state index in [1.807, 2.05) is 66.4 Å². The first kappa shape index (κ1) is 57.6. The van der Waals surface area contributed by atoms with Crippen molar-refractivity contribution in [1.29, 1.82) is 0 Å².